The zero-order valence-corrected chi connectivity index (χ0v) is 12.8. The number of halogens is 1. The Bertz CT molecular complexity index is 908. The number of rotatable bonds is 2. The SMILES string of the molecule is O=C(c1cccc2[nH]ncc12)N1C[C@H](O)C[C@@H]1c1cccc(F)c1. The van der Waals surface area contributed by atoms with Gasteiger partial charge in [0.2, 0.25) is 0 Å². The first-order valence-corrected chi connectivity index (χ1v) is 7.80. The molecule has 0 unspecified atom stereocenters. The summed E-state index contributed by atoms with van der Waals surface area (Å²) in [6.07, 6.45) is 1.40. The van der Waals surface area contributed by atoms with Gasteiger partial charge < -0.3 is 10.0 Å². The van der Waals surface area contributed by atoms with E-state index in [1.165, 1.54) is 12.1 Å². The fourth-order valence-corrected chi connectivity index (χ4v) is 3.38. The molecule has 6 heteroatoms. The van der Waals surface area contributed by atoms with Crippen molar-refractivity contribution in [1.29, 1.82) is 0 Å². The first-order valence-electron chi connectivity index (χ1n) is 7.80. The number of H-pyrrole nitrogens is 1. The summed E-state index contributed by atoms with van der Waals surface area (Å²) in [7, 11) is 0. The average Bonchev–Trinajstić information content (AvgIpc) is 3.20. The van der Waals surface area contributed by atoms with Crippen LogP contribution in [0.25, 0.3) is 10.9 Å². The predicted octanol–water partition coefficient (Wildman–Crippen LogP) is 2.65. The lowest BCUT2D eigenvalue weighted by atomic mass is 10.0. The van der Waals surface area contributed by atoms with Crippen LogP contribution in [0.2, 0.25) is 0 Å². The number of aromatic nitrogens is 2. The number of carbonyl (C=O) groups is 1. The number of nitrogens with zero attached hydrogens (tertiary/aromatic N) is 2. The number of hydrogen-bond acceptors (Lipinski definition) is 3. The van der Waals surface area contributed by atoms with Gasteiger partial charge in [0.1, 0.15) is 5.82 Å². The third-order valence-corrected chi connectivity index (χ3v) is 4.49. The summed E-state index contributed by atoms with van der Waals surface area (Å²) in [5.41, 5.74) is 2.00. The maximum atomic E-state index is 13.6. The maximum Gasteiger partial charge on any atom is 0.255 e. The Hall–Kier alpha value is -2.73. The van der Waals surface area contributed by atoms with Gasteiger partial charge in [0.15, 0.2) is 0 Å². The quantitative estimate of drug-likeness (QED) is 0.761. The molecule has 5 nitrogen and oxygen atoms in total. The molecule has 1 aromatic heterocycles. The van der Waals surface area contributed by atoms with Gasteiger partial charge in [-0.25, -0.2) is 4.39 Å². The molecule has 0 radical (unpaired) electrons. The standard InChI is InChI=1S/C18H16FN3O2/c19-12-4-1-3-11(7-12)17-8-13(23)10-22(17)18(24)14-5-2-6-16-15(14)9-20-21-16/h1-7,9,13,17,23H,8,10H2,(H,20,21)/t13-,17-/m1/s1. The summed E-state index contributed by atoms with van der Waals surface area (Å²) < 4.78 is 13.6. The van der Waals surface area contributed by atoms with Gasteiger partial charge in [-0.15, -0.1) is 0 Å². The third-order valence-electron chi connectivity index (χ3n) is 4.49. The van der Waals surface area contributed by atoms with Crippen molar-refractivity contribution in [3.63, 3.8) is 0 Å². The predicted molar refractivity (Wildman–Crippen MR) is 86.9 cm³/mol. The van der Waals surface area contributed by atoms with Crippen molar-refractivity contribution >= 4 is 16.8 Å². The smallest absolute Gasteiger partial charge is 0.255 e. The summed E-state index contributed by atoms with van der Waals surface area (Å²) in [6, 6.07) is 11.2. The average molecular weight is 325 g/mol. The monoisotopic (exact) mass is 325 g/mol. The number of aliphatic hydroxyl groups excluding tert-OH is 1. The van der Waals surface area contributed by atoms with Crippen LogP contribution in [0.4, 0.5) is 4.39 Å². The summed E-state index contributed by atoms with van der Waals surface area (Å²) in [6.45, 7) is 0.230. The number of hydrogen-bond donors (Lipinski definition) is 2. The zero-order chi connectivity index (χ0) is 16.7. The van der Waals surface area contributed by atoms with Crippen molar-refractivity contribution in [3.8, 4) is 0 Å². The normalized spacial score (nSPS) is 20.7. The van der Waals surface area contributed by atoms with Crippen LogP contribution in [0.3, 0.4) is 0 Å². The first-order chi connectivity index (χ1) is 11.6. The molecule has 1 amide bonds. The highest BCUT2D eigenvalue weighted by Crippen LogP contribution is 2.34. The molecule has 0 spiro atoms. The number of aliphatic hydroxyl groups is 1. The number of benzene rings is 2. The molecule has 2 N–H and O–H groups in total. The molecule has 2 aromatic carbocycles. The van der Waals surface area contributed by atoms with E-state index in [1.807, 2.05) is 6.07 Å². The minimum atomic E-state index is -0.620. The molecule has 2 heterocycles. The van der Waals surface area contributed by atoms with Gasteiger partial charge in [-0.3, -0.25) is 9.89 Å². The first kappa shape index (κ1) is 14.8. The third kappa shape index (κ3) is 2.45. The lowest BCUT2D eigenvalue weighted by Gasteiger charge is -2.25. The van der Waals surface area contributed by atoms with E-state index in [-0.39, 0.29) is 24.3 Å². The summed E-state index contributed by atoms with van der Waals surface area (Å²) >= 11 is 0. The molecule has 1 aliphatic heterocycles. The minimum absolute atomic E-state index is 0.187. The number of fused-ring (bicyclic) bond motifs is 1. The molecule has 24 heavy (non-hydrogen) atoms. The van der Waals surface area contributed by atoms with Gasteiger partial charge in [0, 0.05) is 11.9 Å². The van der Waals surface area contributed by atoms with Crippen molar-refractivity contribution in [2.45, 2.75) is 18.6 Å². The fourth-order valence-electron chi connectivity index (χ4n) is 3.38. The Morgan fingerprint density at radius 1 is 1.29 bits per heavy atom. The second-order valence-electron chi connectivity index (χ2n) is 6.05. The van der Waals surface area contributed by atoms with Crippen molar-refractivity contribution in [3.05, 3.63) is 65.6 Å². The Balaban J connectivity index is 1.73. The van der Waals surface area contributed by atoms with E-state index in [1.54, 1.807) is 35.4 Å². The summed E-state index contributed by atoms with van der Waals surface area (Å²) in [5.74, 6) is -0.536. The highest BCUT2D eigenvalue weighted by Gasteiger charge is 2.36. The molecular weight excluding hydrogens is 309 g/mol. The topological polar surface area (TPSA) is 69.2 Å². The van der Waals surface area contributed by atoms with Gasteiger partial charge in [0.25, 0.3) is 5.91 Å². The van der Waals surface area contributed by atoms with Crippen molar-refractivity contribution in [2.75, 3.05) is 6.54 Å². The zero-order valence-electron chi connectivity index (χ0n) is 12.8. The Morgan fingerprint density at radius 2 is 2.12 bits per heavy atom. The van der Waals surface area contributed by atoms with Crippen LogP contribution in [-0.2, 0) is 0 Å². The Labute approximate surface area is 137 Å². The minimum Gasteiger partial charge on any atom is -0.391 e. The maximum absolute atomic E-state index is 13.6. The van der Waals surface area contributed by atoms with E-state index < -0.39 is 6.10 Å². The van der Waals surface area contributed by atoms with Crippen molar-refractivity contribution in [2.24, 2.45) is 0 Å². The molecule has 4 rings (SSSR count). The van der Waals surface area contributed by atoms with Gasteiger partial charge in [-0.1, -0.05) is 18.2 Å². The van der Waals surface area contributed by atoms with E-state index in [0.717, 1.165) is 10.9 Å². The molecule has 1 saturated heterocycles. The van der Waals surface area contributed by atoms with Gasteiger partial charge >= 0.3 is 0 Å². The van der Waals surface area contributed by atoms with Crippen LogP contribution >= 0.6 is 0 Å². The van der Waals surface area contributed by atoms with E-state index in [9.17, 15) is 14.3 Å². The Kier molecular flexibility index (Phi) is 3.54. The van der Waals surface area contributed by atoms with Gasteiger partial charge in [-0.05, 0) is 36.2 Å². The lowest BCUT2D eigenvalue weighted by molar-refractivity contribution is 0.0717. The van der Waals surface area contributed by atoms with E-state index in [2.05, 4.69) is 10.2 Å². The Morgan fingerprint density at radius 3 is 2.96 bits per heavy atom. The highest BCUT2D eigenvalue weighted by molar-refractivity contribution is 6.06. The molecule has 0 bridgehead atoms. The summed E-state index contributed by atoms with van der Waals surface area (Å²) in [4.78, 5) is 14.7. The second-order valence-corrected chi connectivity index (χ2v) is 6.05. The molecule has 122 valence electrons. The van der Waals surface area contributed by atoms with E-state index in [4.69, 9.17) is 0 Å². The number of carbonyl (C=O) groups excluding carboxylic acids is 1. The molecule has 1 fully saturated rings. The highest BCUT2D eigenvalue weighted by atomic mass is 19.1. The number of aromatic amines is 1. The lowest BCUT2D eigenvalue weighted by Crippen LogP contribution is -2.31. The van der Waals surface area contributed by atoms with E-state index in [0.29, 0.717) is 17.5 Å². The number of likely N-dealkylation sites (tertiary alicyclic amines) is 1. The molecular formula is C18H16FN3O2. The van der Waals surface area contributed by atoms with Gasteiger partial charge in [-0.2, -0.15) is 5.10 Å². The molecule has 1 aliphatic rings. The number of amides is 1. The van der Waals surface area contributed by atoms with Crippen molar-refractivity contribution in [1.82, 2.24) is 15.1 Å². The molecule has 3 aromatic rings. The summed E-state index contributed by atoms with van der Waals surface area (Å²) in [5, 5.41) is 17.6. The fraction of sp³-hybridized carbons (Fsp3) is 0.222. The van der Waals surface area contributed by atoms with E-state index >= 15 is 0 Å². The second kappa shape index (κ2) is 5.72. The van der Waals surface area contributed by atoms with Crippen LogP contribution < -0.4 is 0 Å². The van der Waals surface area contributed by atoms with Crippen LogP contribution in [0.1, 0.15) is 28.4 Å². The van der Waals surface area contributed by atoms with Crippen molar-refractivity contribution < 1.29 is 14.3 Å². The molecule has 2 atom stereocenters. The van der Waals surface area contributed by atoms with Crippen LogP contribution in [-0.4, -0.2) is 38.8 Å². The van der Waals surface area contributed by atoms with Gasteiger partial charge in [0.05, 0.1) is 29.4 Å². The largest absolute Gasteiger partial charge is 0.391 e. The van der Waals surface area contributed by atoms with Crippen LogP contribution in [0, 0.1) is 5.82 Å². The number of β-amino-alcohol motifs (C(OH)–C–C–N with tert-alkyl or cyclic N) is 1. The van der Waals surface area contributed by atoms with Crippen LogP contribution in [0.15, 0.2) is 48.7 Å². The molecule has 0 aliphatic carbocycles. The van der Waals surface area contributed by atoms with Crippen LogP contribution in [0.5, 0.6) is 0 Å². The molecule has 0 saturated carbocycles. The number of nitrogens with one attached hydrogen (secondary N) is 1.